The van der Waals surface area contributed by atoms with E-state index in [1.54, 1.807) is 25.2 Å². The Kier molecular flexibility index (Phi) is 7.95. The van der Waals surface area contributed by atoms with Crippen LogP contribution in [0.15, 0.2) is 24.3 Å². The molecular formula is C19H22ClNO6S. The lowest BCUT2D eigenvalue weighted by atomic mass is 10.1. The monoisotopic (exact) mass is 427 g/mol. The molecule has 0 unspecified atom stereocenters. The van der Waals surface area contributed by atoms with Gasteiger partial charge in [0.25, 0.3) is 5.91 Å². The summed E-state index contributed by atoms with van der Waals surface area (Å²) in [5, 5.41) is 0. The lowest BCUT2D eigenvalue weighted by molar-refractivity contribution is -0.151. The van der Waals surface area contributed by atoms with E-state index in [0.717, 1.165) is 4.88 Å². The molecule has 2 aromatic rings. The summed E-state index contributed by atoms with van der Waals surface area (Å²) in [6.45, 7) is 0.0690. The normalized spacial score (nSPS) is 10.3. The molecule has 0 fully saturated rings. The minimum Gasteiger partial charge on any atom is -0.493 e. The van der Waals surface area contributed by atoms with Gasteiger partial charge in [-0.05, 0) is 29.8 Å². The van der Waals surface area contributed by atoms with Gasteiger partial charge in [0.2, 0.25) is 5.75 Å². The van der Waals surface area contributed by atoms with E-state index in [1.807, 2.05) is 6.07 Å². The van der Waals surface area contributed by atoms with Crippen LogP contribution in [-0.4, -0.2) is 51.8 Å². The first-order chi connectivity index (χ1) is 13.4. The summed E-state index contributed by atoms with van der Waals surface area (Å²) in [6, 6.07) is 6.96. The fourth-order valence-corrected chi connectivity index (χ4v) is 3.61. The highest BCUT2D eigenvalue weighted by Crippen LogP contribution is 2.38. The average molecular weight is 428 g/mol. The Morgan fingerprint density at radius 3 is 2.21 bits per heavy atom. The van der Waals surface area contributed by atoms with Crippen LogP contribution in [0.3, 0.4) is 0 Å². The minimum absolute atomic E-state index is 0.0335. The molecule has 0 spiro atoms. The van der Waals surface area contributed by atoms with Crippen LogP contribution < -0.4 is 14.2 Å². The first-order valence-corrected chi connectivity index (χ1v) is 9.50. The van der Waals surface area contributed by atoms with Crippen molar-refractivity contribution in [1.29, 1.82) is 0 Å². The number of esters is 1. The number of ether oxygens (including phenoxy) is 4. The molecule has 28 heavy (non-hydrogen) atoms. The molecule has 1 heterocycles. The van der Waals surface area contributed by atoms with E-state index in [4.69, 9.17) is 30.5 Å². The minimum atomic E-state index is -0.532. The van der Waals surface area contributed by atoms with E-state index in [9.17, 15) is 9.59 Å². The number of hydrogen-bond acceptors (Lipinski definition) is 7. The molecule has 1 aromatic heterocycles. The van der Waals surface area contributed by atoms with E-state index < -0.39 is 5.97 Å². The van der Waals surface area contributed by atoms with E-state index in [0.29, 0.717) is 33.7 Å². The quantitative estimate of drug-likeness (QED) is 0.572. The lowest BCUT2D eigenvalue weighted by Crippen LogP contribution is -2.30. The first kappa shape index (κ1) is 21.8. The largest absolute Gasteiger partial charge is 0.493 e. The molecule has 1 amide bonds. The molecule has 0 radical (unpaired) electrons. The van der Waals surface area contributed by atoms with Crippen molar-refractivity contribution in [2.45, 2.75) is 13.0 Å². The Hall–Kier alpha value is -2.45. The number of methoxy groups -OCH3 is 3. The van der Waals surface area contributed by atoms with Crippen LogP contribution in [0.4, 0.5) is 0 Å². The molecule has 0 aliphatic heterocycles. The average Bonchev–Trinajstić information content (AvgIpc) is 3.09. The fraction of sp³-hybridized carbons (Fsp3) is 0.368. The van der Waals surface area contributed by atoms with Crippen molar-refractivity contribution >= 4 is 34.8 Å². The second-order valence-corrected chi connectivity index (χ2v) is 7.63. The number of nitrogens with zero attached hydrogens (tertiary/aromatic N) is 1. The Morgan fingerprint density at radius 1 is 1.07 bits per heavy atom. The molecule has 0 atom stereocenters. The molecule has 7 nitrogen and oxygen atoms in total. The first-order valence-electron chi connectivity index (χ1n) is 8.30. The number of hydrogen-bond donors (Lipinski definition) is 0. The van der Waals surface area contributed by atoms with Gasteiger partial charge in [0.15, 0.2) is 18.1 Å². The summed E-state index contributed by atoms with van der Waals surface area (Å²) in [5.41, 5.74) is 0.619. The number of rotatable bonds is 9. The highest BCUT2D eigenvalue weighted by Gasteiger charge is 2.17. The number of carbonyl (C=O) groups is 2. The standard InChI is InChI=1S/C19H22ClNO6S/c1-21(10-13-5-6-16(20)28-13)17(22)11-27-18(23)9-12-7-14(24-2)19(26-4)15(8-12)25-3/h5-8H,9-11H2,1-4H3. The van der Waals surface area contributed by atoms with Crippen molar-refractivity contribution in [3.8, 4) is 17.2 Å². The Labute approximate surface area is 172 Å². The van der Waals surface area contributed by atoms with E-state index in [2.05, 4.69) is 0 Å². The topological polar surface area (TPSA) is 74.3 Å². The Morgan fingerprint density at radius 2 is 1.71 bits per heavy atom. The van der Waals surface area contributed by atoms with Crippen molar-refractivity contribution in [3.63, 3.8) is 0 Å². The number of carbonyl (C=O) groups excluding carboxylic acids is 2. The van der Waals surface area contributed by atoms with E-state index in [1.165, 1.54) is 37.6 Å². The predicted octanol–water partition coefficient (Wildman–Crippen LogP) is 3.17. The van der Waals surface area contributed by atoms with Crippen LogP contribution in [-0.2, 0) is 27.3 Å². The molecular weight excluding hydrogens is 406 g/mol. The summed E-state index contributed by atoms with van der Waals surface area (Å²) in [5.74, 6) is 0.482. The molecule has 152 valence electrons. The highest BCUT2D eigenvalue weighted by molar-refractivity contribution is 7.16. The van der Waals surface area contributed by atoms with Gasteiger partial charge in [-0.2, -0.15) is 0 Å². The Balaban J connectivity index is 1.92. The summed E-state index contributed by atoms with van der Waals surface area (Å²) in [7, 11) is 6.13. The zero-order chi connectivity index (χ0) is 20.7. The molecule has 9 heteroatoms. The molecule has 0 bridgehead atoms. The van der Waals surface area contributed by atoms with Gasteiger partial charge in [0.1, 0.15) is 0 Å². The third-order valence-electron chi connectivity index (χ3n) is 3.88. The molecule has 0 N–H and O–H groups in total. The van der Waals surface area contributed by atoms with Crippen molar-refractivity contribution < 1.29 is 28.5 Å². The highest BCUT2D eigenvalue weighted by atomic mass is 35.5. The smallest absolute Gasteiger partial charge is 0.310 e. The predicted molar refractivity (Wildman–Crippen MR) is 107 cm³/mol. The van der Waals surface area contributed by atoms with Gasteiger partial charge in [-0.1, -0.05) is 11.6 Å². The van der Waals surface area contributed by atoms with E-state index >= 15 is 0 Å². The van der Waals surface area contributed by atoms with Gasteiger partial charge < -0.3 is 23.8 Å². The van der Waals surface area contributed by atoms with Crippen molar-refractivity contribution in [2.75, 3.05) is 35.0 Å². The second-order valence-electron chi connectivity index (χ2n) is 5.83. The molecule has 0 saturated carbocycles. The fourth-order valence-electron chi connectivity index (χ4n) is 2.47. The lowest BCUT2D eigenvalue weighted by Gasteiger charge is -2.16. The molecule has 2 rings (SSSR count). The van der Waals surface area contributed by atoms with Crippen LogP contribution in [0.5, 0.6) is 17.2 Å². The molecule has 1 aromatic carbocycles. The van der Waals surface area contributed by atoms with Gasteiger partial charge >= 0.3 is 5.97 Å². The molecule has 0 aliphatic rings. The van der Waals surface area contributed by atoms with Gasteiger partial charge in [-0.25, -0.2) is 0 Å². The van der Waals surface area contributed by atoms with Crippen LogP contribution in [0.1, 0.15) is 10.4 Å². The number of halogens is 1. The summed E-state index contributed by atoms with van der Waals surface area (Å²) in [4.78, 5) is 26.7. The van der Waals surface area contributed by atoms with Gasteiger partial charge in [0.05, 0.1) is 38.6 Å². The number of likely N-dealkylation sites (N-methyl/N-ethyl adjacent to an activating group) is 1. The van der Waals surface area contributed by atoms with Crippen LogP contribution in [0.2, 0.25) is 4.34 Å². The maximum Gasteiger partial charge on any atom is 0.310 e. The number of thiophene rings is 1. The van der Waals surface area contributed by atoms with Crippen molar-refractivity contribution in [1.82, 2.24) is 4.90 Å². The summed E-state index contributed by atoms with van der Waals surface area (Å²) >= 11 is 7.28. The third kappa shape index (κ3) is 5.77. The van der Waals surface area contributed by atoms with Gasteiger partial charge in [0, 0.05) is 11.9 Å². The SMILES string of the molecule is COc1cc(CC(=O)OCC(=O)N(C)Cc2ccc(Cl)s2)cc(OC)c1OC. The van der Waals surface area contributed by atoms with Crippen LogP contribution in [0.25, 0.3) is 0 Å². The van der Waals surface area contributed by atoms with Gasteiger partial charge in [-0.3, -0.25) is 9.59 Å². The van der Waals surface area contributed by atoms with Crippen LogP contribution in [0, 0.1) is 0 Å². The number of amides is 1. The van der Waals surface area contributed by atoms with Crippen molar-refractivity contribution in [3.05, 3.63) is 39.0 Å². The third-order valence-corrected chi connectivity index (χ3v) is 5.09. The maximum absolute atomic E-state index is 12.2. The zero-order valence-corrected chi connectivity index (χ0v) is 17.7. The van der Waals surface area contributed by atoms with E-state index in [-0.39, 0.29) is 18.9 Å². The summed E-state index contributed by atoms with van der Waals surface area (Å²) in [6.07, 6.45) is -0.0335. The second kappa shape index (κ2) is 10.2. The Bertz CT molecular complexity index is 813. The maximum atomic E-state index is 12.2. The number of benzene rings is 1. The van der Waals surface area contributed by atoms with Gasteiger partial charge in [-0.15, -0.1) is 11.3 Å². The molecule has 0 aliphatic carbocycles. The molecule has 0 saturated heterocycles. The van der Waals surface area contributed by atoms with Crippen molar-refractivity contribution in [2.24, 2.45) is 0 Å². The zero-order valence-electron chi connectivity index (χ0n) is 16.1. The van der Waals surface area contributed by atoms with Crippen LogP contribution >= 0.6 is 22.9 Å². The summed E-state index contributed by atoms with van der Waals surface area (Å²) < 4.78 is 21.5.